The molecule has 2 atom stereocenters. The topological polar surface area (TPSA) is 49.9 Å². The molecule has 2 amide bonds. The van der Waals surface area contributed by atoms with E-state index in [-0.39, 0.29) is 24.5 Å². The highest BCUT2D eigenvalue weighted by Crippen LogP contribution is 2.33. The largest absolute Gasteiger partial charge is 0.356 e. The van der Waals surface area contributed by atoms with Gasteiger partial charge in [0.25, 0.3) is 5.91 Å². The number of carbonyl (C=O) groups excluding carboxylic acids is 2. The minimum atomic E-state index is -0.638. The van der Waals surface area contributed by atoms with Crippen LogP contribution in [0.4, 0.5) is 0 Å². The van der Waals surface area contributed by atoms with E-state index in [0.717, 1.165) is 24.0 Å². The molecule has 1 aliphatic carbocycles. The molecule has 1 aromatic rings. The number of likely N-dealkylation sites (N-methyl/N-ethyl adjacent to an activating group) is 2. The number of nitrogens with zero attached hydrogens (tertiary/aromatic N) is 2. The van der Waals surface area contributed by atoms with Crippen LogP contribution in [0.1, 0.15) is 56.2 Å². The van der Waals surface area contributed by atoms with Crippen molar-refractivity contribution in [3.8, 4) is 0 Å². The Kier molecular flexibility index (Phi) is 5.97. The molecule has 2 fully saturated rings. The minimum absolute atomic E-state index is 0.0204. The highest BCUT2D eigenvalue weighted by molar-refractivity contribution is 5.86. The van der Waals surface area contributed by atoms with Crippen LogP contribution in [-0.2, 0) is 14.3 Å². The first-order valence-corrected chi connectivity index (χ1v) is 9.77. The van der Waals surface area contributed by atoms with Gasteiger partial charge in [0.15, 0.2) is 6.10 Å². The Hall–Kier alpha value is -1.88. The summed E-state index contributed by atoms with van der Waals surface area (Å²) in [5.41, 5.74) is 2.06. The van der Waals surface area contributed by atoms with Gasteiger partial charge in [0.1, 0.15) is 6.61 Å². The van der Waals surface area contributed by atoms with Crippen molar-refractivity contribution in [1.82, 2.24) is 9.80 Å². The average molecular weight is 358 g/mol. The Morgan fingerprint density at radius 3 is 2.58 bits per heavy atom. The molecule has 0 aromatic heterocycles. The van der Waals surface area contributed by atoms with E-state index in [1.807, 2.05) is 43.0 Å². The van der Waals surface area contributed by atoms with Crippen molar-refractivity contribution < 1.29 is 14.3 Å². The first kappa shape index (κ1) is 18.9. The van der Waals surface area contributed by atoms with E-state index < -0.39 is 6.10 Å². The van der Waals surface area contributed by atoms with Gasteiger partial charge in [-0.25, -0.2) is 0 Å². The maximum Gasteiger partial charge on any atom is 0.254 e. The molecule has 0 unspecified atom stereocenters. The van der Waals surface area contributed by atoms with Crippen molar-refractivity contribution in [3.63, 3.8) is 0 Å². The lowest BCUT2D eigenvalue weighted by Crippen LogP contribution is -2.56. The maximum absolute atomic E-state index is 13.4. The van der Waals surface area contributed by atoms with Crippen molar-refractivity contribution in [2.45, 2.75) is 64.1 Å². The number of morpholine rings is 1. The van der Waals surface area contributed by atoms with Gasteiger partial charge in [-0.15, -0.1) is 0 Å². The standard InChI is InChI=1S/C21H30N2O3/c1-4-23(16-11-6-5-7-12-16)21(25)20-19(22(3)18(24)14-26-20)17-13-9-8-10-15(17)2/h8-10,13,16,19-20H,4-7,11-12,14H2,1-3H3/t19-,20+/m1/s1. The molecule has 3 rings (SSSR count). The van der Waals surface area contributed by atoms with Gasteiger partial charge in [0.05, 0.1) is 6.04 Å². The molecule has 0 bridgehead atoms. The van der Waals surface area contributed by atoms with Gasteiger partial charge in [-0.2, -0.15) is 0 Å². The summed E-state index contributed by atoms with van der Waals surface area (Å²) in [5.74, 6) is -0.0602. The smallest absolute Gasteiger partial charge is 0.254 e. The third kappa shape index (κ3) is 3.63. The molecule has 1 aliphatic heterocycles. The number of carbonyl (C=O) groups is 2. The van der Waals surface area contributed by atoms with E-state index in [4.69, 9.17) is 4.74 Å². The third-order valence-corrected chi connectivity index (χ3v) is 5.87. The molecule has 142 valence electrons. The highest BCUT2D eigenvalue weighted by Gasteiger charge is 2.43. The lowest BCUT2D eigenvalue weighted by molar-refractivity contribution is -0.169. The molecule has 0 N–H and O–H groups in total. The summed E-state index contributed by atoms with van der Waals surface area (Å²) in [7, 11) is 1.78. The number of hydrogen-bond acceptors (Lipinski definition) is 3. The summed E-state index contributed by atoms with van der Waals surface area (Å²) in [4.78, 5) is 29.4. The Bertz CT molecular complexity index is 654. The molecule has 5 heteroatoms. The Morgan fingerprint density at radius 2 is 1.92 bits per heavy atom. The normalized spacial score (nSPS) is 24.6. The summed E-state index contributed by atoms with van der Waals surface area (Å²) < 4.78 is 5.84. The molecular formula is C21H30N2O3. The SMILES string of the molecule is CCN(C(=O)[C@H]1OCC(=O)N(C)[C@@H]1c1ccccc1C)C1CCCCC1. The van der Waals surface area contributed by atoms with Crippen molar-refractivity contribution >= 4 is 11.8 Å². The molecule has 1 saturated heterocycles. The Labute approximate surface area is 156 Å². The first-order chi connectivity index (χ1) is 12.5. The van der Waals surface area contributed by atoms with E-state index in [9.17, 15) is 9.59 Å². The number of ether oxygens (including phenoxy) is 1. The summed E-state index contributed by atoms with van der Waals surface area (Å²) in [5, 5.41) is 0. The zero-order valence-electron chi connectivity index (χ0n) is 16.1. The molecule has 5 nitrogen and oxygen atoms in total. The molecule has 1 saturated carbocycles. The fraction of sp³-hybridized carbons (Fsp3) is 0.619. The van der Waals surface area contributed by atoms with Gasteiger partial charge in [0, 0.05) is 19.6 Å². The second kappa shape index (κ2) is 8.21. The first-order valence-electron chi connectivity index (χ1n) is 9.77. The number of amides is 2. The fourth-order valence-electron chi connectivity index (χ4n) is 4.36. The van der Waals surface area contributed by atoms with Crippen molar-refractivity contribution in [3.05, 3.63) is 35.4 Å². The van der Waals surface area contributed by atoms with Gasteiger partial charge >= 0.3 is 0 Å². The van der Waals surface area contributed by atoms with Crippen molar-refractivity contribution in [2.75, 3.05) is 20.2 Å². The average Bonchev–Trinajstić information content (AvgIpc) is 2.66. The molecule has 0 radical (unpaired) electrons. The summed E-state index contributed by atoms with van der Waals surface area (Å²) in [6.07, 6.45) is 5.11. The second-order valence-corrected chi connectivity index (χ2v) is 7.45. The van der Waals surface area contributed by atoms with Gasteiger partial charge in [-0.05, 0) is 37.8 Å². The lowest BCUT2D eigenvalue weighted by atomic mass is 9.91. The van der Waals surface area contributed by atoms with E-state index >= 15 is 0 Å². The number of benzene rings is 1. The van der Waals surface area contributed by atoms with Crippen LogP contribution >= 0.6 is 0 Å². The van der Waals surface area contributed by atoms with Crippen LogP contribution in [0.3, 0.4) is 0 Å². The predicted molar refractivity (Wildman–Crippen MR) is 101 cm³/mol. The van der Waals surface area contributed by atoms with Gasteiger partial charge in [-0.3, -0.25) is 9.59 Å². The van der Waals surface area contributed by atoms with Crippen molar-refractivity contribution in [2.24, 2.45) is 0 Å². The van der Waals surface area contributed by atoms with Crippen LogP contribution in [-0.4, -0.2) is 54.0 Å². The van der Waals surface area contributed by atoms with Gasteiger partial charge in [-0.1, -0.05) is 43.5 Å². The molecule has 26 heavy (non-hydrogen) atoms. The van der Waals surface area contributed by atoms with E-state index in [1.54, 1.807) is 11.9 Å². The Balaban J connectivity index is 1.90. The molecule has 1 heterocycles. The molecule has 2 aliphatic rings. The van der Waals surface area contributed by atoms with E-state index in [1.165, 1.54) is 19.3 Å². The highest BCUT2D eigenvalue weighted by atomic mass is 16.5. The quantitative estimate of drug-likeness (QED) is 0.831. The van der Waals surface area contributed by atoms with Crippen LogP contribution in [0.25, 0.3) is 0 Å². The zero-order chi connectivity index (χ0) is 18.7. The van der Waals surface area contributed by atoms with Crippen LogP contribution < -0.4 is 0 Å². The van der Waals surface area contributed by atoms with Crippen LogP contribution in [0.15, 0.2) is 24.3 Å². The van der Waals surface area contributed by atoms with E-state index in [0.29, 0.717) is 12.6 Å². The van der Waals surface area contributed by atoms with Crippen LogP contribution in [0.2, 0.25) is 0 Å². The summed E-state index contributed by atoms with van der Waals surface area (Å²) >= 11 is 0. The molecule has 1 aromatic carbocycles. The Morgan fingerprint density at radius 1 is 1.23 bits per heavy atom. The number of rotatable bonds is 4. The zero-order valence-corrected chi connectivity index (χ0v) is 16.1. The molecule has 0 spiro atoms. The lowest BCUT2D eigenvalue weighted by Gasteiger charge is -2.42. The number of aryl methyl sites for hydroxylation is 1. The van der Waals surface area contributed by atoms with Crippen LogP contribution in [0, 0.1) is 6.92 Å². The maximum atomic E-state index is 13.4. The number of hydrogen-bond donors (Lipinski definition) is 0. The minimum Gasteiger partial charge on any atom is -0.356 e. The van der Waals surface area contributed by atoms with Crippen LogP contribution in [0.5, 0.6) is 0 Å². The van der Waals surface area contributed by atoms with E-state index in [2.05, 4.69) is 0 Å². The summed E-state index contributed by atoms with van der Waals surface area (Å²) in [6.45, 7) is 4.70. The third-order valence-electron chi connectivity index (χ3n) is 5.87. The molecular weight excluding hydrogens is 328 g/mol. The monoisotopic (exact) mass is 358 g/mol. The summed E-state index contributed by atoms with van der Waals surface area (Å²) in [6, 6.07) is 7.86. The van der Waals surface area contributed by atoms with Gasteiger partial charge in [0.2, 0.25) is 5.91 Å². The second-order valence-electron chi connectivity index (χ2n) is 7.45. The fourth-order valence-corrected chi connectivity index (χ4v) is 4.36. The predicted octanol–water partition coefficient (Wildman–Crippen LogP) is 3.07. The van der Waals surface area contributed by atoms with Crippen molar-refractivity contribution in [1.29, 1.82) is 0 Å². The van der Waals surface area contributed by atoms with Gasteiger partial charge < -0.3 is 14.5 Å².